The first-order valence-electron chi connectivity index (χ1n) is 11.8. The summed E-state index contributed by atoms with van der Waals surface area (Å²) in [5.41, 5.74) is 7.16. The number of aromatic amines is 1. The van der Waals surface area contributed by atoms with Crippen molar-refractivity contribution in [3.05, 3.63) is 120 Å². The molecule has 0 unspecified atom stereocenters. The summed E-state index contributed by atoms with van der Waals surface area (Å²) in [6, 6.07) is 25.5. The summed E-state index contributed by atoms with van der Waals surface area (Å²) in [7, 11) is 0. The first-order valence-corrected chi connectivity index (χ1v) is 14.0. The van der Waals surface area contributed by atoms with Crippen LogP contribution in [0.25, 0.3) is 22.0 Å². The zero-order valence-electron chi connectivity index (χ0n) is 20.5. The average Bonchev–Trinajstić information content (AvgIpc) is 3.31. The smallest absolute Gasteiger partial charge is 0.343 e. The number of nitrogens with one attached hydrogen (secondary N) is 2. The van der Waals surface area contributed by atoms with Gasteiger partial charge in [0.2, 0.25) is 0 Å². The molecule has 1 aromatic heterocycles. The minimum atomic E-state index is -0.493. The lowest BCUT2D eigenvalue weighted by Gasteiger charge is -2.09. The number of benzene rings is 4. The van der Waals surface area contributed by atoms with Crippen LogP contribution in [0.3, 0.4) is 0 Å². The van der Waals surface area contributed by atoms with Crippen LogP contribution in [-0.4, -0.2) is 23.1 Å². The number of fused-ring (bicyclic) bond motifs is 1. The molecule has 2 N–H and O–H groups in total. The molecule has 0 fully saturated rings. The maximum absolute atomic E-state index is 13.4. The first-order chi connectivity index (χ1) is 18.8. The average molecular weight is 713 g/mol. The Morgan fingerprint density at radius 1 is 1.03 bits per heavy atom. The molecule has 1 heterocycles. The minimum absolute atomic E-state index is 0.304. The van der Waals surface area contributed by atoms with Crippen LogP contribution in [0.4, 0.5) is 0 Å². The number of rotatable bonds is 6. The van der Waals surface area contributed by atoms with Gasteiger partial charge < -0.3 is 9.72 Å². The van der Waals surface area contributed by atoms with Gasteiger partial charge in [0.1, 0.15) is 11.4 Å². The van der Waals surface area contributed by atoms with E-state index >= 15 is 0 Å². The fraction of sp³-hybridized carbons (Fsp3) is 0.0333. The summed E-state index contributed by atoms with van der Waals surface area (Å²) in [4.78, 5) is 29.3. The number of nitrogens with zero attached hydrogens (tertiary/aromatic N) is 1. The van der Waals surface area contributed by atoms with Crippen molar-refractivity contribution in [2.45, 2.75) is 6.92 Å². The van der Waals surface area contributed by atoms with E-state index in [0.717, 1.165) is 30.1 Å². The molecular weight excluding hydrogens is 693 g/mol. The van der Waals surface area contributed by atoms with Crippen LogP contribution in [0.15, 0.2) is 94.5 Å². The van der Waals surface area contributed by atoms with Crippen molar-refractivity contribution in [3.63, 3.8) is 0 Å². The Morgan fingerprint density at radius 3 is 2.56 bits per heavy atom. The molecule has 5 rings (SSSR count). The van der Waals surface area contributed by atoms with Gasteiger partial charge in [-0.2, -0.15) is 5.10 Å². The maximum atomic E-state index is 13.4. The van der Waals surface area contributed by atoms with E-state index in [9.17, 15) is 9.59 Å². The molecule has 0 atom stereocenters. The van der Waals surface area contributed by atoms with Gasteiger partial charge >= 0.3 is 5.97 Å². The number of aromatic nitrogens is 1. The molecule has 4 aromatic carbocycles. The highest BCUT2D eigenvalue weighted by atomic mass is 127. The van der Waals surface area contributed by atoms with Crippen LogP contribution in [0.2, 0.25) is 5.02 Å². The quantitative estimate of drug-likeness (QED) is 0.0613. The third-order valence-electron chi connectivity index (χ3n) is 5.98. The van der Waals surface area contributed by atoms with Crippen molar-refractivity contribution in [2.24, 2.45) is 5.10 Å². The monoisotopic (exact) mass is 711 g/mol. The molecule has 0 bridgehead atoms. The van der Waals surface area contributed by atoms with Gasteiger partial charge in [0.25, 0.3) is 5.91 Å². The van der Waals surface area contributed by atoms with Gasteiger partial charge in [-0.15, -0.1) is 0 Å². The number of hydrogen-bond acceptors (Lipinski definition) is 4. The number of hydrogen-bond donors (Lipinski definition) is 2. The largest absolute Gasteiger partial charge is 0.422 e. The molecule has 0 saturated carbocycles. The van der Waals surface area contributed by atoms with Crippen LogP contribution in [0, 0.1) is 10.5 Å². The summed E-state index contributed by atoms with van der Waals surface area (Å²) >= 11 is 12.2. The summed E-state index contributed by atoms with van der Waals surface area (Å²) in [6.07, 6.45) is 1.43. The lowest BCUT2D eigenvalue weighted by Crippen LogP contribution is -2.19. The third-order valence-corrected chi connectivity index (χ3v) is 7.71. The minimum Gasteiger partial charge on any atom is -0.422 e. The predicted octanol–water partition coefficient (Wildman–Crippen LogP) is 8.15. The number of para-hydroxylation sites is 1. The number of ether oxygens (including phenoxy) is 1. The summed E-state index contributed by atoms with van der Waals surface area (Å²) in [5.74, 6) is -0.631. The molecule has 0 aliphatic rings. The molecular formula is C30H20BrClIN3O3. The van der Waals surface area contributed by atoms with Crippen LogP contribution in [-0.2, 0) is 0 Å². The molecule has 9 heteroatoms. The molecule has 6 nitrogen and oxygen atoms in total. The number of esters is 1. The number of hydrazone groups is 1. The summed E-state index contributed by atoms with van der Waals surface area (Å²) in [6.45, 7) is 1.95. The second kappa shape index (κ2) is 11.7. The Labute approximate surface area is 251 Å². The molecule has 0 aliphatic heterocycles. The molecule has 0 aliphatic carbocycles. The van der Waals surface area contributed by atoms with Gasteiger partial charge in [-0.1, -0.05) is 75.6 Å². The van der Waals surface area contributed by atoms with Crippen molar-refractivity contribution in [3.8, 4) is 16.9 Å². The van der Waals surface area contributed by atoms with E-state index in [1.165, 1.54) is 6.21 Å². The standard InChI is InChI=1S/C30H20BrClIN3O3/c1-17-9-11-18(12-10-17)30(38)39-25-14-13-20(31)15-19(25)16-34-36-29(37)28-26(21-5-2-3-7-23(21)32)22-6-4-8-24(33)27(22)35-28/h2-16,35H,1H3,(H,36,37). The lowest BCUT2D eigenvalue weighted by atomic mass is 10.0. The van der Waals surface area contributed by atoms with Gasteiger partial charge in [0, 0.05) is 35.1 Å². The van der Waals surface area contributed by atoms with E-state index in [4.69, 9.17) is 16.3 Å². The Hall–Kier alpha value is -3.47. The van der Waals surface area contributed by atoms with Gasteiger partial charge in [0.15, 0.2) is 0 Å². The molecule has 0 spiro atoms. The van der Waals surface area contributed by atoms with E-state index in [-0.39, 0.29) is 0 Å². The highest BCUT2D eigenvalue weighted by molar-refractivity contribution is 14.1. The second-order valence-electron chi connectivity index (χ2n) is 8.65. The van der Waals surface area contributed by atoms with Crippen molar-refractivity contribution >= 4 is 79.1 Å². The molecule has 0 radical (unpaired) electrons. The normalized spacial score (nSPS) is 11.2. The zero-order chi connectivity index (χ0) is 27.5. The highest BCUT2D eigenvalue weighted by Crippen LogP contribution is 2.38. The zero-order valence-corrected chi connectivity index (χ0v) is 25.0. The number of H-pyrrole nitrogens is 1. The van der Waals surface area contributed by atoms with Crippen molar-refractivity contribution < 1.29 is 14.3 Å². The first kappa shape index (κ1) is 27.1. The predicted molar refractivity (Wildman–Crippen MR) is 167 cm³/mol. The van der Waals surface area contributed by atoms with Crippen LogP contribution >= 0.6 is 50.1 Å². The van der Waals surface area contributed by atoms with Crippen LogP contribution in [0.5, 0.6) is 5.75 Å². The fourth-order valence-corrected chi connectivity index (χ4v) is 5.32. The number of carbonyl (C=O) groups is 2. The van der Waals surface area contributed by atoms with Gasteiger partial charge in [0.05, 0.1) is 17.3 Å². The van der Waals surface area contributed by atoms with Crippen LogP contribution in [0.1, 0.15) is 32.0 Å². The lowest BCUT2D eigenvalue weighted by molar-refractivity contribution is 0.0734. The van der Waals surface area contributed by atoms with E-state index in [1.54, 1.807) is 36.4 Å². The number of aryl methyl sites for hydroxylation is 1. The van der Waals surface area contributed by atoms with E-state index in [2.05, 4.69) is 54.0 Å². The third kappa shape index (κ3) is 5.93. The van der Waals surface area contributed by atoms with E-state index in [1.807, 2.05) is 55.5 Å². The van der Waals surface area contributed by atoms with Crippen molar-refractivity contribution in [2.75, 3.05) is 0 Å². The van der Waals surface area contributed by atoms with Crippen LogP contribution < -0.4 is 10.2 Å². The van der Waals surface area contributed by atoms with Gasteiger partial charge in [-0.25, -0.2) is 10.2 Å². The van der Waals surface area contributed by atoms with Gasteiger partial charge in [-0.3, -0.25) is 4.79 Å². The molecule has 39 heavy (non-hydrogen) atoms. The summed E-state index contributed by atoms with van der Waals surface area (Å²) < 4.78 is 7.35. The number of amides is 1. The van der Waals surface area contributed by atoms with Crippen molar-refractivity contribution in [1.82, 2.24) is 10.4 Å². The molecule has 1 amide bonds. The fourth-order valence-electron chi connectivity index (χ4n) is 4.07. The van der Waals surface area contributed by atoms with Crippen molar-refractivity contribution in [1.29, 1.82) is 0 Å². The summed E-state index contributed by atoms with van der Waals surface area (Å²) in [5, 5.41) is 5.58. The topological polar surface area (TPSA) is 83.5 Å². The SMILES string of the molecule is Cc1ccc(C(=O)Oc2ccc(Br)cc2C=NNC(=O)c2[nH]c3c(I)cccc3c2-c2ccccc2Cl)cc1. The van der Waals surface area contributed by atoms with E-state index in [0.29, 0.717) is 33.2 Å². The Bertz CT molecular complexity index is 1750. The second-order valence-corrected chi connectivity index (χ2v) is 11.1. The molecule has 0 saturated heterocycles. The van der Waals surface area contributed by atoms with E-state index < -0.39 is 11.9 Å². The maximum Gasteiger partial charge on any atom is 0.343 e. The Kier molecular flexibility index (Phi) is 8.15. The number of halogens is 3. The highest BCUT2D eigenvalue weighted by Gasteiger charge is 2.21. The Morgan fingerprint density at radius 2 is 1.79 bits per heavy atom. The molecule has 5 aromatic rings. The van der Waals surface area contributed by atoms with Gasteiger partial charge in [-0.05, 0) is 72.0 Å². The number of carbonyl (C=O) groups excluding carboxylic acids is 2. The Balaban J connectivity index is 1.43. The molecule has 194 valence electrons.